The number of hydrogen-bond acceptors (Lipinski definition) is 2. The highest BCUT2D eigenvalue weighted by molar-refractivity contribution is 5.48. The first-order valence-electron chi connectivity index (χ1n) is 6.47. The van der Waals surface area contributed by atoms with Crippen molar-refractivity contribution in [1.29, 1.82) is 0 Å². The van der Waals surface area contributed by atoms with Crippen LogP contribution < -0.4 is 4.90 Å². The minimum absolute atomic E-state index is 0.356. The van der Waals surface area contributed by atoms with E-state index in [4.69, 9.17) is 0 Å². The molecular formula is C14H20F3NO. The van der Waals surface area contributed by atoms with Crippen molar-refractivity contribution < 1.29 is 18.3 Å². The summed E-state index contributed by atoms with van der Waals surface area (Å²) in [4.78, 5) is 1.31. The molecule has 0 aliphatic heterocycles. The largest absolute Gasteiger partial charge is 0.405 e. The molecule has 0 aliphatic carbocycles. The fraction of sp³-hybridized carbons (Fsp3) is 0.571. The minimum Gasteiger partial charge on any atom is -0.388 e. The summed E-state index contributed by atoms with van der Waals surface area (Å²) >= 11 is 0. The van der Waals surface area contributed by atoms with E-state index in [0.29, 0.717) is 25.1 Å². The monoisotopic (exact) mass is 275 g/mol. The predicted molar refractivity (Wildman–Crippen MR) is 70.3 cm³/mol. The Kier molecular flexibility index (Phi) is 5.66. The van der Waals surface area contributed by atoms with Crippen LogP contribution in [-0.2, 0) is 0 Å². The van der Waals surface area contributed by atoms with Crippen LogP contribution in [0.3, 0.4) is 0 Å². The second-order valence-electron chi connectivity index (χ2n) is 4.55. The van der Waals surface area contributed by atoms with Gasteiger partial charge < -0.3 is 10.0 Å². The van der Waals surface area contributed by atoms with E-state index in [9.17, 15) is 18.3 Å². The van der Waals surface area contributed by atoms with Gasteiger partial charge in [-0.25, -0.2) is 0 Å². The van der Waals surface area contributed by atoms with Gasteiger partial charge in [0.1, 0.15) is 6.54 Å². The van der Waals surface area contributed by atoms with Crippen LogP contribution in [0.15, 0.2) is 24.3 Å². The smallest absolute Gasteiger partial charge is 0.388 e. The third kappa shape index (κ3) is 5.11. The van der Waals surface area contributed by atoms with E-state index in [2.05, 4.69) is 0 Å². The van der Waals surface area contributed by atoms with Gasteiger partial charge >= 0.3 is 6.18 Å². The number of rotatable bonds is 6. The van der Waals surface area contributed by atoms with E-state index >= 15 is 0 Å². The molecule has 2 nitrogen and oxygen atoms in total. The molecule has 5 heteroatoms. The summed E-state index contributed by atoms with van der Waals surface area (Å²) in [5.74, 6) is 0. The van der Waals surface area contributed by atoms with Crippen LogP contribution in [-0.4, -0.2) is 24.4 Å². The predicted octanol–water partition coefficient (Wildman–Crippen LogP) is 3.91. The van der Waals surface area contributed by atoms with Crippen LogP contribution in [0.1, 0.15) is 38.4 Å². The van der Waals surface area contributed by atoms with Crippen LogP contribution in [0, 0.1) is 0 Å². The molecule has 0 saturated carbocycles. The molecule has 1 aromatic carbocycles. The number of nitrogens with zero attached hydrogens (tertiary/aromatic N) is 1. The summed E-state index contributed by atoms with van der Waals surface area (Å²) in [6, 6.07) is 6.64. The average Bonchev–Trinajstić information content (AvgIpc) is 2.36. The van der Waals surface area contributed by atoms with Crippen LogP contribution >= 0.6 is 0 Å². The highest BCUT2D eigenvalue weighted by Gasteiger charge is 2.30. The molecule has 0 radical (unpaired) electrons. The molecule has 1 N–H and O–H groups in total. The summed E-state index contributed by atoms with van der Waals surface area (Å²) < 4.78 is 37.5. The first-order chi connectivity index (χ1) is 8.87. The number of aliphatic hydroxyl groups is 1. The third-order valence-electron chi connectivity index (χ3n) is 2.89. The third-order valence-corrected chi connectivity index (χ3v) is 2.89. The number of benzene rings is 1. The fourth-order valence-corrected chi connectivity index (χ4v) is 1.93. The number of halogens is 3. The topological polar surface area (TPSA) is 23.5 Å². The van der Waals surface area contributed by atoms with Gasteiger partial charge in [0.2, 0.25) is 0 Å². The van der Waals surface area contributed by atoms with Crippen molar-refractivity contribution in [2.75, 3.05) is 18.0 Å². The van der Waals surface area contributed by atoms with Crippen LogP contribution in [0.4, 0.5) is 18.9 Å². The molecule has 19 heavy (non-hydrogen) atoms. The Hall–Kier alpha value is -1.23. The van der Waals surface area contributed by atoms with E-state index in [1.807, 2.05) is 13.8 Å². The minimum atomic E-state index is -4.21. The summed E-state index contributed by atoms with van der Waals surface area (Å²) in [5.41, 5.74) is 1.26. The summed E-state index contributed by atoms with van der Waals surface area (Å²) in [6.45, 7) is 3.11. The van der Waals surface area contributed by atoms with Crippen LogP contribution in [0.5, 0.6) is 0 Å². The maximum atomic E-state index is 12.5. The van der Waals surface area contributed by atoms with E-state index in [1.54, 1.807) is 24.3 Å². The zero-order chi connectivity index (χ0) is 14.5. The lowest BCUT2D eigenvalue weighted by atomic mass is 10.1. The summed E-state index contributed by atoms with van der Waals surface area (Å²) in [5, 5.41) is 9.65. The Balaban J connectivity index is 2.85. The first kappa shape index (κ1) is 15.8. The number of anilines is 1. The normalized spacial score (nSPS) is 13.4. The zero-order valence-electron chi connectivity index (χ0n) is 11.2. The molecule has 1 rings (SSSR count). The van der Waals surface area contributed by atoms with Gasteiger partial charge in [-0.15, -0.1) is 0 Å². The molecule has 0 aliphatic rings. The molecule has 0 spiro atoms. The standard InChI is InChI=1S/C14H20F3NO/c1-3-9-18(10-14(15,16)17)12-7-5-11(6-8-12)13(19)4-2/h5-8,13,19H,3-4,9-10H2,1-2H3. The van der Waals surface area contributed by atoms with E-state index in [-0.39, 0.29) is 0 Å². The molecule has 0 saturated heterocycles. The molecule has 0 aromatic heterocycles. The van der Waals surface area contributed by atoms with Gasteiger partial charge in [0, 0.05) is 12.2 Å². The summed E-state index contributed by atoms with van der Waals surface area (Å²) in [6.07, 6.45) is -3.54. The van der Waals surface area contributed by atoms with Gasteiger partial charge in [0.25, 0.3) is 0 Å². The zero-order valence-corrected chi connectivity index (χ0v) is 11.2. The van der Waals surface area contributed by atoms with E-state index in [1.165, 1.54) is 4.90 Å². The van der Waals surface area contributed by atoms with Crippen molar-refractivity contribution in [3.63, 3.8) is 0 Å². The molecular weight excluding hydrogens is 255 g/mol. The average molecular weight is 275 g/mol. The first-order valence-corrected chi connectivity index (χ1v) is 6.47. The Morgan fingerprint density at radius 2 is 1.74 bits per heavy atom. The van der Waals surface area contributed by atoms with Gasteiger partial charge in [-0.3, -0.25) is 0 Å². The lowest BCUT2D eigenvalue weighted by Gasteiger charge is -2.26. The molecule has 1 aromatic rings. The SMILES string of the molecule is CCCN(CC(F)(F)F)c1ccc(C(O)CC)cc1. The maximum Gasteiger partial charge on any atom is 0.405 e. The van der Waals surface area contributed by atoms with E-state index < -0.39 is 18.8 Å². The molecule has 108 valence electrons. The van der Waals surface area contributed by atoms with Crippen molar-refractivity contribution in [1.82, 2.24) is 0 Å². The highest BCUT2D eigenvalue weighted by atomic mass is 19.4. The van der Waals surface area contributed by atoms with Crippen LogP contribution in [0.2, 0.25) is 0 Å². The van der Waals surface area contributed by atoms with E-state index in [0.717, 1.165) is 5.56 Å². The number of hydrogen-bond donors (Lipinski definition) is 1. The van der Waals surface area contributed by atoms with Gasteiger partial charge in [-0.2, -0.15) is 13.2 Å². The second-order valence-corrected chi connectivity index (χ2v) is 4.55. The quantitative estimate of drug-likeness (QED) is 0.851. The van der Waals surface area contributed by atoms with Gasteiger partial charge in [-0.1, -0.05) is 26.0 Å². The van der Waals surface area contributed by atoms with Crippen LogP contribution in [0.25, 0.3) is 0 Å². The van der Waals surface area contributed by atoms with Crippen molar-refractivity contribution in [2.45, 2.75) is 39.0 Å². The molecule has 0 fully saturated rings. The molecule has 0 heterocycles. The lowest BCUT2D eigenvalue weighted by Crippen LogP contribution is -2.34. The Labute approximate surface area is 111 Å². The maximum absolute atomic E-state index is 12.5. The van der Waals surface area contributed by atoms with Crippen molar-refractivity contribution in [3.05, 3.63) is 29.8 Å². The molecule has 0 bridgehead atoms. The van der Waals surface area contributed by atoms with Crippen molar-refractivity contribution in [2.24, 2.45) is 0 Å². The molecule has 1 unspecified atom stereocenters. The molecule has 0 amide bonds. The molecule has 1 atom stereocenters. The van der Waals surface area contributed by atoms with Crippen molar-refractivity contribution in [3.8, 4) is 0 Å². The number of aliphatic hydroxyl groups excluding tert-OH is 1. The lowest BCUT2D eigenvalue weighted by molar-refractivity contribution is -0.119. The van der Waals surface area contributed by atoms with Gasteiger partial charge in [-0.05, 0) is 30.5 Å². The second kappa shape index (κ2) is 6.80. The Morgan fingerprint density at radius 3 is 2.16 bits per heavy atom. The van der Waals surface area contributed by atoms with Gasteiger partial charge in [0.15, 0.2) is 0 Å². The Bertz CT molecular complexity index is 375. The van der Waals surface area contributed by atoms with Gasteiger partial charge in [0.05, 0.1) is 6.10 Å². The number of alkyl halides is 3. The van der Waals surface area contributed by atoms with Crippen molar-refractivity contribution >= 4 is 5.69 Å². The summed E-state index contributed by atoms with van der Waals surface area (Å²) in [7, 11) is 0. The Morgan fingerprint density at radius 1 is 1.16 bits per heavy atom. The highest BCUT2D eigenvalue weighted by Crippen LogP contribution is 2.24. The fourth-order valence-electron chi connectivity index (χ4n) is 1.93.